The third-order valence-corrected chi connectivity index (χ3v) is 5.88. The Bertz CT molecular complexity index is 1210. The SMILES string of the molecule is COC(=O)c1ccc(N2C(=O)[C@H]3[C@H](ON(c4ccccc4)[C@@H]3c3ccc(F)cc3)C2=O)cc1. The van der Waals surface area contributed by atoms with Crippen molar-refractivity contribution in [3.05, 3.63) is 95.8 Å². The Morgan fingerprint density at radius 3 is 2.18 bits per heavy atom. The summed E-state index contributed by atoms with van der Waals surface area (Å²) in [4.78, 5) is 45.6. The number of amides is 2. The maximum absolute atomic E-state index is 13.6. The molecular weight excluding hydrogens is 427 g/mol. The normalized spacial score (nSPS) is 21.9. The molecular formula is C25H19FN2O5. The van der Waals surface area contributed by atoms with Crippen molar-refractivity contribution in [3.8, 4) is 0 Å². The molecule has 3 aromatic rings. The number of methoxy groups -OCH3 is 1. The van der Waals surface area contributed by atoms with Crippen LogP contribution in [0.3, 0.4) is 0 Å². The monoisotopic (exact) mass is 446 g/mol. The number of carbonyl (C=O) groups is 3. The van der Waals surface area contributed by atoms with Crippen LogP contribution in [-0.2, 0) is 19.2 Å². The number of benzene rings is 3. The first kappa shape index (κ1) is 20.8. The van der Waals surface area contributed by atoms with Crippen LogP contribution >= 0.6 is 0 Å². The van der Waals surface area contributed by atoms with Crippen LogP contribution in [0.2, 0.25) is 0 Å². The van der Waals surface area contributed by atoms with Gasteiger partial charge in [-0.05, 0) is 54.1 Å². The number of rotatable bonds is 4. The Balaban J connectivity index is 1.53. The first-order valence-corrected chi connectivity index (χ1v) is 10.3. The summed E-state index contributed by atoms with van der Waals surface area (Å²) in [6, 6.07) is 20.3. The number of nitrogens with zero attached hydrogens (tertiary/aromatic N) is 2. The van der Waals surface area contributed by atoms with Crippen molar-refractivity contribution in [1.29, 1.82) is 0 Å². The highest BCUT2D eigenvalue weighted by molar-refractivity contribution is 6.24. The maximum Gasteiger partial charge on any atom is 0.337 e. The van der Waals surface area contributed by atoms with E-state index in [1.165, 1.54) is 43.5 Å². The molecule has 0 radical (unpaired) electrons. The average molecular weight is 446 g/mol. The molecule has 7 nitrogen and oxygen atoms in total. The van der Waals surface area contributed by atoms with Crippen molar-refractivity contribution in [2.75, 3.05) is 17.1 Å². The molecule has 0 unspecified atom stereocenters. The molecule has 0 aliphatic carbocycles. The Morgan fingerprint density at radius 1 is 0.879 bits per heavy atom. The Morgan fingerprint density at radius 2 is 1.55 bits per heavy atom. The van der Waals surface area contributed by atoms with Crippen LogP contribution in [0.25, 0.3) is 0 Å². The number of hydroxylamine groups is 1. The fourth-order valence-electron chi connectivity index (χ4n) is 4.33. The van der Waals surface area contributed by atoms with Crippen LogP contribution in [0.1, 0.15) is 22.0 Å². The van der Waals surface area contributed by atoms with Crippen molar-refractivity contribution in [3.63, 3.8) is 0 Å². The highest BCUT2D eigenvalue weighted by Gasteiger charge is 2.60. The molecule has 2 amide bonds. The largest absolute Gasteiger partial charge is 0.465 e. The molecule has 0 N–H and O–H groups in total. The number of halogens is 1. The Kier molecular flexibility index (Phi) is 5.14. The minimum atomic E-state index is -1.03. The molecule has 0 aromatic heterocycles. The molecule has 0 saturated carbocycles. The lowest BCUT2D eigenvalue weighted by atomic mass is 9.90. The molecule has 5 rings (SSSR count). The molecule has 2 fully saturated rings. The number of esters is 1. The summed E-state index contributed by atoms with van der Waals surface area (Å²) in [5, 5.41) is 1.55. The van der Waals surface area contributed by atoms with E-state index in [0.29, 0.717) is 22.5 Å². The highest BCUT2D eigenvalue weighted by atomic mass is 19.1. The number of para-hydroxylation sites is 1. The minimum Gasteiger partial charge on any atom is -0.465 e. The van der Waals surface area contributed by atoms with Crippen molar-refractivity contribution in [2.24, 2.45) is 5.92 Å². The van der Waals surface area contributed by atoms with Crippen LogP contribution < -0.4 is 9.96 Å². The van der Waals surface area contributed by atoms with E-state index in [1.807, 2.05) is 30.3 Å². The average Bonchev–Trinajstić information content (AvgIpc) is 3.36. The maximum atomic E-state index is 13.6. The Labute approximate surface area is 188 Å². The second kappa shape index (κ2) is 8.14. The van der Waals surface area contributed by atoms with Gasteiger partial charge >= 0.3 is 5.97 Å². The van der Waals surface area contributed by atoms with Crippen molar-refractivity contribution < 1.29 is 28.3 Å². The van der Waals surface area contributed by atoms with Gasteiger partial charge in [-0.15, -0.1) is 0 Å². The number of hydrogen-bond acceptors (Lipinski definition) is 6. The lowest BCUT2D eigenvalue weighted by Crippen LogP contribution is -2.37. The first-order chi connectivity index (χ1) is 16.0. The van der Waals surface area contributed by atoms with E-state index in [-0.39, 0.29) is 0 Å². The van der Waals surface area contributed by atoms with Gasteiger partial charge in [-0.1, -0.05) is 30.3 Å². The third kappa shape index (κ3) is 3.44. The molecule has 33 heavy (non-hydrogen) atoms. The van der Waals surface area contributed by atoms with Crippen LogP contribution in [0.15, 0.2) is 78.9 Å². The standard InChI is InChI=1S/C25H19FN2O5/c1-32-25(31)16-9-13-18(14-10-16)27-23(29)20-21(15-7-11-17(26)12-8-15)28(33-22(20)24(27)30)19-5-3-2-4-6-19/h2-14,20-22H,1H3/t20-,21-,22+/m1/s1. The van der Waals surface area contributed by atoms with Gasteiger partial charge in [0.05, 0.1) is 30.1 Å². The van der Waals surface area contributed by atoms with Crippen LogP contribution in [-0.4, -0.2) is 31.0 Å². The van der Waals surface area contributed by atoms with E-state index in [9.17, 15) is 18.8 Å². The van der Waals surface area contributed by atoms with E-state index in [4.69, 9.17) is 9.57 Å². The van der Waals surface area contributed by atoms with Gasteiger partial charge in [-0.25, -0.2) is 19.1 Å². The zero-order valence-electron chi connectivity index (χ0n) is 17.6. The van der Waals surface area contributed by atoms with Crippen LogP contribution in [0.5, 0.6) is 0 Å². The van der Waals surface area contributed by atoms with E-state index >= 15 is 0 Å². The van der Waals surface area contributed by atoms with Crippen molar-refractivity contribution in [2.45, 2.75) is 12.1 Å². The lowest BCUT2D eigenvalue weighted by Gasteiger charge is -2.28. The second-order valence-corrected chi connectivity index (χ2v) is 7.76. The summed E-state index contributed by atoms with van der Waals surface area (Å²) >= 11 is 0. The predicted molar refractivity (Wildman–Crippen MR) is 117 cm³/mol. The van der Waals surface area contributed by atoms with E-state index < -0.39 is 41.7 Å². The summed E-state index contributed by atoms with van der Waals surface area (Å²) in [5.41, 5.74) is 1.96. The molecule has 166 valence electrons. The molecule has 3 aromatic carbocycles. The van der Waals surface area contributed by atoms with E-state index in [1.54, 1.807) is 17.2 Å². The molecule has 0 spiro atoms. The summed E-state index contributed by atoms with van der Waals surface area (Å²) in [7, 11) is 1.27. The highest BCUT2D eigenvalue weighted by Crippen LogP contribution is 2.47. The number of carbonyl (C=O) groups excluding carboxylic acids is 3. The molecule has 0 bridgehead atoms. The number of hydrogen-bond donors (Lipinski definition) is 0. The van der Waals surface area contributed by atoms with Crippen molar-refractivity contribution >= 4 is 29.2 Å². The number of fused-ring (bicyclic) bond motifs is 1. The smallest absolute Gasteiger partial charge is 0.337 e. The second-order valence-electron chi connectivity index (χ2n) is 7.76. The summed E-state index contributed by atoms with van der Waals surface area (Å²) < 4.78 is 18.3. The topological polar surface area (TPSA) is 76.2 Å². The van der Waals surface area contributed by atoms with Gasteiger partial charge in [0.15, 0.2) is 6.10 Å². The molecule has 2 aliphatic heterocycles. The third-order valence-electron chi connectivity index (χ3n) is 5.88. The molecule has 2 heterocycles. The molecule has 2 saturated heterocycles. The zero-order chi connectivity index (χ0) is 23.1. The summed E-state index contributed by atoms with van der Waals surface area (Å²) in [6.07, 6.45) is -1.03. The minimum absolute atomic E-state index is 0.302. The molecule has 8 heteroatoms. The van der Waals surface area contributed by atoms with Gasteiger partial charge in [-0.2, -0.15) is 0 Å². The van der Waals surface area contributed by atoms with Gasteiger partial charge in [-0.3, -0.25) is 14.4 Å². The van der Waals surface area contributed by atoms with Crippen LogP contribution in [0, 0.1) is 11.7 Å². The lowest BCUT2D eigenvalue weighted by molar-refractivity contribution is -0.126. The predicted octanol–water partition coefficient (Wildman–Crippen LogP) is 3.66. The fourth-order valence-corrected chi connectivity index (χ4v) is 4.33. The summed E-state index contributed by atoms with van der Waals surface area (Å²) in [5.74, 6) is -2.68. The van der Waals surface area contributed by atoms with Gasteiger partial charge in [0, 0.05) is 0 Å². The van der Waals surface area contributed by atoms with E-state index in [2.05, 4.69) is 0 Å². The van der Waals surface area contributed by atoms with Crippen molar-refractivity contribution in [1.82, 2.24) is 0 Å². The zero-order valence-corrected chi connectivity index (χ0v) is 17.6. The fraction of sp³-hybridized carbons (Fsp3) is 0.160. The van der Waals surface area contributed by atoms with Gasteiger partial charge in [0.1, 0.15) is 11.7 Å². The Hall–Kier alpha value is -4.04. The quantitative estimate of drug-likeness (QED) is 0.450. The molecule has 3 atom stereocenters. The molecule has 2 aliphatic rings. The number of imide groups is 1. The van der Waals surface area contributed by atoms with Gasteiger partial charge < -0.3 is 4.74 Å². The van der Waals surface area contributed by atoms with E-state index in [0.717, 1.165) is 4.90 Å². The number of anilines is 2. The summed E-state index contributed by atoms with van der Waals surface area (Å²) in [6.45, 7) is 0. The van der Waals surface area contributed by atoms with Gasteiger partial charge in [0.25, 0.3) is 5.91 Å². The first-order valence-electron chi connectivity index (χ1n) is 10.3. The van der Waals surface area contributed by atoms with Crippen LogP contribution in [0.4, 0.5) is 15.8 Å². The van der Waals surface area contributed by atoms with Gasteiger partial charge in [0.2, 0.25) is 5.91 Å². The number of ether oxygens (including phenoxy) is 1.